The molecule has 0 saturated carbocycles. The van der Waals surface area contributed by atoms with E-state index in [-0.39, 0.29) is 6.10 Å². The fourth-order valence-corrected chi connectivity index (χ4v) is 3.56. The van der Waals surface area contributed by atoms with Gasteiger partial charge in [0.25, 0.3) is 0 Å². The summed E-state index contributed by atoms with van der Waals surface area (Å²) in [6, 6.07) is 15.9. The summed E-state index contributed by atoms with van der Waals surface area (Å²) >= 11 is 1.63. The number of rotatable bonds is 7. The maximum Gasteiger partial charge on any atom is 0.134 e. The second kappa shape index (κ2) is 8.03. The van der Waals surface area contributed by atoms with E-state index in [1.807, 2.05) is 48.8 Å². The molecule has 3 rings (SSSR count). The molecule has 5 heteroatoms. The third kappa shape index (κ3) is 4.31. The topological polar surface area (TPSA) is 77.1 Å². The van der Waals surface area contributed by atoms with Crippen molar-refractivity contribution in [2.45, 2.75) is 35.7 Å². The van der Waals surface area contributed by atoms with E-state index >= 15 is 0 Å². The smallest absolute Gasteiger partial charge is 0.134 e. The highest BCUT2D eigenvalue weighted by Gasteiger charge is 2.15. The summed E-state index contributed by atoms with van der Waals surface area (Å²) in [5, 5.41) is 0. The van der Waals surface area contributed by atoms with Gasteiger partial charge < -0.3 is 21.2 Å². The molecule has 4 nitrogen and oxygen atoms in total. The third-order valence-electron chi connectivity index (χ3n) is 3.95. The Kier molecular flexibility index (Phi) is 5.56. The molecule has 1 aromatic heterocycles. The number of para-hydroxylation sites is 1. The van der Waals surface area contributed by atoms with Crippen molar-refractivity contribution in [2.24, 2.45) is 0 Å². The van der Waals surface area contributed by atoms with E-state index in [2.05, 4.69) is 24.0 Å². The van der Waals surface area contributed by atoms with Gasteiger partial charge in [-0.05, 0) is 42.8 Å². The first-order valence-corrected chi connectivity index (χ1v) is 9.20. The number of aromatic nitrogens is 1. The molecule has 0 radical (unpaired) electrons. The van der Waals surface area contributed by atoms with Gasteiger partial charge in [0.15, 0.2) is 0 Å². The number of hydrogen-bond donors (Lipinski definition) is 3. The fraction of sp³-hybridized carbons (Fsp3) is 0.200. The zero-order chi connectivity index (χ0) is 17.6. The van der Waals surface area contributed by atoms with Crippen molar-refractivity contribution in [1.82, 2.24) is 4.98 Å². The standard InChI is InChI=1S/C20H23N3OS/c1-2-5-18(14-10-11-23-13-14)24-19-6-3-4-7-20(19)25-15-8-9-16(21)17(22)12-15/h3-4,6-13,18,23H,2,5,21-22H2,1H3. The van der Waals surface area contributed by atoms with Gasteiger partial charge in [-0.25, -0.2) is 0 Å². The van der Waals surface area contributed by atoms with Crippen LogP contribution in [0.15, 0.2) is 70.7 Å². The van der Waals surface area contributed by atoms with Gasteiger partial charge in [-0.2, -0.15) is 0 Å². The summed E-state index contributed by atoms with van der Waals surface area (Å²) in [5.74, 6) is 0.877. The predicted molar refractivity (Wildman–Crippen MR) is 105 cm³/mol. The molecular formula is C20H23N3OS. The van der Waals surface area contributed by atoms with Crippen LogP contribution in [-0.2, 0) is 0 Å². The lowest BCUT2D eigenvalue weighted by Crippen LogP contribution is -2.07. The van der Waals surface area contributed by atoms with Crippen LogP contribution in [0, 0.1) is 0 Å². The third-order valence-corrected chi connectivity index (χ3v) is 5.00. The van der Waals surface area contributed by atoms with Crippen molar-refractivity contribution in [1.29, 1.82) is 0 Å². The van der Waals surface area contributed by atoms with E-state index in [1.54, 1.807) is 11.8 Å². The highest BCUT2D eigenvalue weighted by Crippen LogP contribution is 2.38. The fourth-order valence-electron chi connectivity index (χ4n) is 2.62. The number of aromatic amines is 1. The Morgan fingerprint density at radius 1 is 1.08 bits per heavy atom. The molecule has 0 spiro atoms. The maximum atomic E-state index is 6.36. The molecule has 130 valence electrons. The second-order valence-electron chi connectivity index (χ2n) is 5.88. The summed E-state index contributed by atoms with van der Waals surface area (Å²) in [5.41, 5.74) is 14.1. The molecular weight excluding hydrogens is 330 g/mol. The zero-order valence-corrected chi connectivity index (χ0v) is 15.1. The molecule has 0 saturated heterocycles. The quantitative estimate of drug-likeness (QED) is 0.507. The largest absolute Gasteiger partial charge is 0.484 e. The number of anilines is 2. The van der Waals surface area contributed by atoms with Crippen LogP contribution < -0.4 is 16.2 Å². The number of H-pyrrole nitrogens is 1. The van der Waals surface area contributed by atoms with Crippen LogP contribution in [0.25, 0.3) is 0 Å². The zero-order valence-electron chi connectivity index (χ0n) is 14.2. The minimum absolute atomic E-state index is 0.0366. The van der Waals surface area contributed by atoms with E-state index in [9.17, 15) is 0 Å². The van der Waals surface area contributed by atoms with Crippen molar-refractivity contribution in [3.05, 3.63) is 66.5 Å². The molecule has 1 heterocycles. The predicted octanol–water partition coefficient (Wildman–Crippen LogP) is 5.25. The van der Waals surface area contributed by atoms with Gasteiger partial charge in [0.2, 0.25) is 0 Å². The van der Waals surface area contributed by atoms with Crippen molar-refractivity contribution in [2.75, 3.05) is 11.5 Å². The Labute approximate surface area is 152 Å². The van der Waals surface area contributed by atoms with Crippen LogP contribution in [0.3, 0.4) is 0 Å². The first kappa shape index (κ1) is 17.3. The van der Waals surface area contributed by atoms with E-state index in [0.717, 1.165) is 28.4 Å². The summed E-state index contributed by atoms with van der Waals surface area (Å²) in [6.07, 6.45) is 5.98. The van der Waals surface area contributed by atoms with Gasteiger partial charge in [-0.3, -0.25) is 0 Å². The Morgan fingerprint density at radius 2 is 1.92 bits per heavy atom. The SMILES string of the molecule is CCCC(Oc1ccccc1Sc1ccc(N)c(N)c1)c1cc[nH]c1. The summed E-state index contributed by atoms with van der Waals surface area (Å²) in [4.78, 5) is 5.21. The number of ether oxygens (including phenoxy) is 1. The molecule has 0 aliphatic heterocycles. The van der Waals surface area contributed by atoms with Crippen LogP contribution in [0.4, 0.5) is 11.4 Å². The lowest BCUT2D eigenvalue weighted by molar-refractivity contribution is 0.189. The number of nitrogen functional groups attached to an aromatic ring is 2. The molecule has 0 aliphatic rings. The molecule has 1 unspecified atom stereocenters. The van der Waals surface area contributed by atoms with Crippen molar-refractivity contribution in [3.63, 3.8) is 0 Å². The molecule has 3 aromatic rings. The summed E-state index contributed by atoms with van der Waals surface area (Å²) in [6.45, 7) is 2.17. The molecule has 2 aromatic carbocycles. The number of hydrogen-bond acceptors (Lipinski definition) is 4. The van der Waals surface area contributed by atoms with Gasteiger partial charge in [-0.1, -0.05) is 37.2 Å². The van der Waals surface area contributed by atoms with Crippen LogP contribution in [0.1, 0.15) is 31.4 Å². The van der Waals surface area contributed by atoms with E-state index in [0.29, 0.717) is 11.4 Å². The Morgan fingerprint density at radius 3 is 2.64 bits per heavy atom. The second-order valence-corrected chi connectivity index (χ2v) is 6.99. The Hall–Kier alpha value is -2.53. The summed E-state index contributed by atoms with van der Waals surface area (Å²) < 4.78 is 6.36. The minimum atomic E-state index is 0.0366. The Balaban J connectivity index is 1.83. The average Bonchev–Trinajstić information content (AvgIpc) is 3.14. The number of nitrogens with two attached hydrogens (primary N) is 2. The molecule has 0 bridgehead atoms. The molecule has 5 N–H and O–H groups in total. The van der Waals surface area contributed by atoms with Crippen LogP contribution in [-0.4, -0.2) is 4.98 Å². The highest BCUT2D eigenvalue weighted by atomic mass is 32.2. The molecule has 25 heavy (non-hydrogen) atoms. The van der Waals surface area contributed by atoms with Crippen molar-refractivity contribution >= 4 is 23.1 Å². The molecule has 0 amide bonds. The first-order chi connectivity index (χ1) is 12.2. The van der Waals surface area contributed by atoms with E-state index in [1.165, 1.54) is 5.56 Å². The van der Waals surface area contributed by atoms with Gasteiger partial charge in [0.1, 0.15) is 11.9 Å². The maximum absolute atomic E-state index is 6.36. The van der Waals surface area contributed by atoms with Crippen LogP contribution in [0.5, 0.6) is 5.75 Å². The van der Waals surface area contributed by atoms with E-state index in [4.69, 9.17) is 16.2 Å². The molecule has 1 atom stereocenters. The lowest BCUT2D eigenvalue weighted by atomic mass is 10.1. The average molecular weight is 353 g/mol. The van der Waals surface area contributed by atoms with Gasteiger partial charge in [-0.15, -0.1) is 0 Å². The van der Waals surface area contributed by atoms with Crippen LogP contribution in [0.2, 0.25) is 0 Å². The summed E-state index contributed by atoms with van der Waals surface area (Å²) in [7, 11) is 0. The number of nitrogens with one attached hydrogen (secondary N) is 1. The lowest BCUT2D eigenvalue weighted by Gasteiger charge is -2.20. The van der Waals surface area contributed by atoms with Gasteiger partial charge >= 0.3 is 0 Å². The van der Waals surface area contributed by atoms with Gasteiger partial charge in [0.05, 0.1) is 16.3 Å². The molecule has 0 aliphatic carbocycles. The van der Waals surface area contributed by atoms with Crippen molar-refractivity contribution < 1.29 is 4.74 Å². The Bertz CT molecular complexity index is 818. The first-order valence-electron chi connectivity index (χ1n) is 8.38. The highest BCUT2D eigenvalue weighted by molar-refractivity contribution is 7.99. The van der Waals surface area contributed by atoms with E-state index < -0.39 is 0 Å². The number of benzene rings is 2. The monoisotopic (exact) mass is 353 g/mol. The molecule has 0 fully saturated rings. The van der Waals surface area contributed by atoms with Crippen molar-refractivity contribution in [3.8, 4) is 5.75 Å². The minimum Gasteiger partial charge on any atom is -0.484 e. The normalized spacial score (nSPS) is 12.0. The van der Waals surface area contributed by atoms with Gasteiger partial charge in [0, 0.05) is 22.9 Å². The van der Waals surface area contributed by atoms with Crippen LogP contribution >= 0.6 is 11.8 Å².